The van der Waals surface area contributed by atoms with Crippen molar-refractivity contribution in [3.8, 4) is 5.75 Å². The Morgan fingerprint density at radius 2 is 1.38 bits per heavy atom. The Kier molecular flexibility index (Phi) is 8.72. The zero-order valence-corrected chi connectivity index (χ0v) is 14.6. The molecule has 0 atom stereocenters. The zero-order valence-electron chi connectivity index (χ0n) is 14.6. The van der Waals surface area contributed by atoms with E-state index in [1.165, 1.54) is 0 Å². The molecule has 0 radical (unpaired) electrons. The average molecular weight is 356 g/mol. The second-order valence-electron chi connectivity index (χ2n) is 5.58. The predicted octanol–water partition coefficient (Wildman–Crippen LogP) is 1.56. The van der Waals surface area contributed by atoms with Crippen molar-refractivity contribution in [3.05, 3.63) is 66.2 Å². The SMILES string of the molecule is O=C(COCCOc1ccccc1)NCCNC(=O)Cc1ccccc1. The van der Waals surface area contributed by atoms with Crippen LogP contribution in [0.4, 0.5) is 0 Å². The number of carbonyl (C=O) groups excluding carboxylic acids is 2. The summed E-state index contributed by atoms with van der Waals surface area (Å²) < 4.78 is 10.7. The van der Waals surface area contributed by atoms with Crippen molar-refractivity contribution in [2.45, 2.75) is 6.42 Å². The Hall–Kier alpha value is -2.86. The van der Waals surface area contributed by atoms with Gasteiger partial charge in [0, 0.05) is 13.1 Å². The Bertz CT molecular complexity index is 662. The molecule has 26 heavy (non-hydrogen) atoms. The molecule has 0 unspecified atom stereocenters. The standard InChI is InChI=1S/C20H24N2O4/c23-19(15-17-7-3-1-4-8-17)21-11-12-22-20(24)16-25-13-14-26-18-9-5-2-6-10-18/h1-10H,11-16H2,(H,21,23)(H,22,24). The number of amides is 2. The van der Waals surface area contributed by atoms with Crippen molar-refractivity contribution >= 4 is 11.8 Å². The van der Waals surface area contributed by atoms with Crippen molar-refractivity contribution < 1.29 is 19.1 Å². The van der Waals surface area contributed by atoms with Crippen LogP contribution in [0.2, 0.25) is 0 Å². The summed E-state index contributed by atoms with van der Waals surface area (Å²) in [4.78, 5) is 23.4. The van der Waals surface area contributed by atoms with Crippen molar-refractivity contribution in [2.24, 2.45) is 0 Å². The van der Waals surface area contributed by atoms with Crippen LogP contribution in [0.15, 0.2) is 60.7 Å². The first-order chi connectivity index (χ1) is 12.7. The van der Waals surface area contributed by atoms with Gasteiger partial charge in [-0.25, -0.2) is 0 Å². The van der Waals surface area contributed by atoms with Crippen LogP contribution in [0.3, 0.4) is 0 Å². The fourth-order valence-electron chi connectivity index (χ4n) is 2.20. The molecule has 2 rings (SSSR count). The summed E-state index contributed by atoms with van der Waals surface area (Å²) in [6, 6.07) is 18.9. The third-order valence-electron chi connectivity index (χ3n) is 3.45. The minimum Gasteiger partial charge on any atom is -0.491 e. The highest BCUT2D eigenvalue weighted by molar-refractivity contribution is 5.79. The first-order valence-electron chi connectivity index (χ1n) is 8.57. The maximum Gasteiger partial charge on any atom is 0.246 e. The van der Waals surface area contributed by atoms with Crippen molar-refractivity contribution in [2.75, 3.05) is 32.9 Å². The summed E-state index contributed by atoms with van der Waals surface area (Å²) in [6.45, 7) is 1.43. The molecule has 2 N–H and O–H groups in total. The monoisotopic (exact) mass is 356 g/mol. The Balaban J connectivity index is 1.45. The molecule has 6 heteroatoms. The summed E-state index contributed by atoms with van der Waals surface area (Å²) in [5.74, 6) is 0.480. The average Bonchev–Trinajstić information content (AvgIpc) is 2.66. The zero-order chi connectivity index (χ0) is 18.5. The van der Waals surface area contributed by atoms with Crippen LogP contribution in [0, 0.1) is 0 Å². The molecule has 6 nitrogen and oxygen atoms in total. The van der Waals surface area contributed by atoms with E-state index in [-0.39, 0.29) is 18.4 Å². The van der Waals surface area contributed by atoms with E-state index in [1.54, 1.807) is 0 Å². The summed E-state index contributed by atoms with van der Waals surface area (Å²) in [5.41, 5.74) is 0.958. The molecule has 0 saturated heterocycles. The number of nitrogens with one attached hydrogen (secondary N) is 2. The number of hydrogen-bond donors (Lipinski definition) is 2. The smallest absolute Gasteiger partial charge is 0.246 e. The third kappa shape index (κ3) is 8.30. The van der Waals surface area contributed by atoms with Gasteiger partial charge in [-0.15, -0.1) is 0 Å². The van der Waals surface area contributed by atoms with Gasteiger partial charge in [0.05, 0.1) is 13.0 Å². The molecule has 2 aromatic carbocycles. The van der Waals surface area contributed by atoms with Gasteiger partial charge in [-0.1, -0.05) is 48.5 Å². The maximum atomic E-state index is 11.8. The molecule has 0 aromatic heterocycles. The lowest BCUT2D eigenvalue weighted by Crippen LogP contribution is -2.37. The quantitative estimate of drug-likeness (QED) is 0.599. The predicted molar refractivity (Wildman–Crippen MR) is 98.9 cm³/mol. The van der Waals surface area contributed by atoms with Crippen molar-refractivity contribution in [3.63, 3.8) is 0 Å². The molecule has 0 fully saturated rings. The Morgan fingerprint density at radius 1 is 0.769 bits per heavy atom. The van der Waals surface area contributed by atoms with Crippen LogP contribution >= 0.6 is 0 Å². The van der Waals surface area contributed by atoms with E-state index < -0.39 is 0 Å². The van der Waals surface area contributed by atoms with Crippen LogP contribution in [-0.2, 0) is 20.7 Å². The first kappa shape index (κ1) is 19.5. The number of para-hydroxylation sites is 1. The molecule has 0 spiro atoms. The number of rotatable bonds is 11. The first-order valence-corrected chi connectivity index (χ1v) is 8.57. The number of carbonyl (C=O) groups is 2. The van der Waals surface area contributed by atoms with Gasteiger partial charge in [0.25, 0.3) is 0 Å². The van der Waals surface area contributed by atoms with E-state index in [2.05, 4.69) is 10.6 Å². The fourth-order valence-corrected chi connectivity index (χ4v) is 2.20. The van der Waals surface area contributed by atoms with E-state index in [0.717, 1.165) is 11.3 Å². The van der Waals surface area contributed by atoms with Crippen LogP contribution in [0.25, 0.3) is 0 Å². The molecular formula is C20H24N2O4. The molecule has 2 amide bonds. The molecule has 138 valence electrons. The number of hydrogen-bond acceptors (Lipinski definition) is 4. The van der Waals surface area contributed by atoms with Crippen LogP contribution in [0.5, 0.6) is 5.75 Å². The third-order valence-corrected chi connectivity index (χ3v) is 3.45. The van der Waals surface area contributed by atoms with E-state index >= 15 is 0 Å². The normalized spacial score (nSPS) is 10.2. The molecule has 2 aromatic rings. The van der Waals surface area contributed by atoms with Crippen LogP contribution in [-0.4, -0.2) is 44.7 Å². The lowest BCUT2D eigenvalue weighted by molar-refractivity contribution is -0.126. The molecule has 0 aliphatic rings. The van der Waals surface area contributed by atoms with E-state index in [0.29, 0.717) is 32.7 Å². The topological polar surface area (TPSA) is 76.7 Å². The van der Waals surface area contributed by atoms with E-state index in [9.17, 15) is 9.59 Å². The second-order valence-corrected chi connectivity index (χ2v) is 5.58. The Labute approximate surface area is 153 Å². The van der Waals surface area contributed by atoms with E-state index in [4.69, 9.17) is 9.47 Å². The lowest BCUT2D eigenvalue weighted by Gasteiger charge is -2.09. The summed E-state index contributed by atoms with van der Waals surface area (Å²) in [5, 5.41) is 5.46. The van der Waals surface area contributed by atoms with E-state index in [1.807, 2.05) is 60.7 Å². The highest BCUT2D eigenvalue weighted by atomic mass is 16.5. The number of ether oxygens (including phenoxy) is 2. The molecule has 0 aliphatic carbocycles. The van der Waals surface area contributed by atoms with Gasteiger partial charge in [-0.05, 0) is 17.7 Å². The number of benzene rings is 2. The van der Waals surface area contributed by atoms with Gasteiger partial charge in [0.15, 0.2) is 0 Å². The molecular weight excluding hydrogens is 332 g/mol. The minimum atomic E-state index is -0.220. The molecule has 0 aliphatic heterocycles. The van der Waals surface area contributed by atoms with Gasteiger partial charge in [-0.2, -0.15) is 0 Å². The minimum absolute atomic E-state index is 0.0316. The summed E-state index contributed by atoms with van der Waals surface area (Å²) >= 11 is 0. The lowest BCUT2D eigenvalue weighted by atomic mass is 10.1. The van der Waals surface area contributed by atoms with Crippen LogP contribution < -0.4 is 15.4 Å². The highest BCUT2D eigenvalue weighted by Crippen LogP contribution is 2.07. The van der Waals surface area contributed by atoms with Gasteiger partial charge in [0.2, 0.25) is 11.8 Å². The summed E-state index contributed by atoms with van der Waals surface area (Å²) in [6.07, 6.45) is 0.333. The summed E-state index contributed by atoms with van der Waals surface area (Å²) in [7, 11) is 0. The molecule has 0 bridgehead atoms. The fraction of sp³-hybridized carbons (Fsp3) is 0.300. The van der Waals surface area contributed by atoms with Crippen LogP contribution in [0.1, 0.15) is 5.56 Å². The van der Waals surface area contributed by atoms with Crippen molar-refractivity contribution in [1.82, 2.24) is 10.6 Å². The largest absolute Gasteiger partial charge is 0.491 e. The van der Waals surface area contributed by atoms with Gasteiger partial charge in [-0.3, -0.25) is 9.59 Å². The highest BCUT2D eigenvalue weighted by Gasteiger charge is 2.04. The Morgan fingerprint density at radius 3 is 2.08 bits per heavy atom. The van der Waals surface area contributed by atoms with Gasteiger partial charge in [0.1, 0.15) is 19.0 Å². The van der Waals surface area contributed by atoms with Gasteiger partial charge >= 0.3 is 0 Å². The second kappa shape index (κ2) is 11.7. The maximum absolute atomic E-state index is 11.8. The van der Waals surface area contributed by atoms with Gasteiger partial charge < -0.3 is 20.1 Å². The molecule has 0 saturated carbocycles. The van der Waals surface area contributed by atoms with Crippen molar-refractivity contribution in [1.29, 1.82) is 0 Å². The molecule has 0 heterocycles.